The maximum Gasteiger partial charge on any atom is 0.437 e. The van der Waals surface area contributed by atoms with Gasteiger partial charge in [-0.1, -0.05) is 31.1 Å². The molecular formula is C26H29F6NO8S2. The van der Waals surface area contributed by atoms with Crippen molar-refractivity contribution in [2.75, 3.05) is 24.7 Å². The zero-order valence-corrected chi connectivity index (χ0v) is 24.6. The molecule has 0 saturated carbocycles. The van der Waals surface area contributed by atoms with E-state index < -0.39 is 60.9 Å². The number of rotatable bonds is 16. The smallest absolute Gasteiger partial charge is 0.437 e. The quantitative estimate of drug-likeness (QED) is 0.0520. The summed E-state index contributed by atoms with van der Waals surface area (Å²) in [6.45, 7) is 3.19. The van der Waals surface area contributed by atoms with Crippen LogP contribution in [0.15, 0.2) is 59.9 Å². The van der Waals surface area contributed by atoms with E-state index in [2.05, 4.69) is 13.6 Å². The van der Waals surface area contributed by atoms with Gasteiger partial charge in [0.1, 0.15) is 17.8 Å². The minimum absolute atomic E-state index is 0.0700. The van der Waals surface area contributed by atoms with Crippen LogP contribution < -0.4 is 9.47 Å². The molecule has 0 aliphatic heterocycles. The zero-order valence-electron chi connectivity index (χ0n) is 22.9. The van der Waals surface area contributed by atoms with E-state index >= 15 is 0 Å². The molecule has 43 heavy (non-hydrogen) atoms. The van der Waals surface area contributed by atoms with Gasteiger partial charge in [-0.15, -0.1) is 0 Å². The van der Waals surface area contributed by atoms with Gasteiger partial charge in [0, 0.05) is 12.0 Å². The van der Waals surface area contributed by atoms with Crippen LogP contribution in [0.25, 0.3) is 5.57 Å². The third kappa shape index (κ3) is 12.3. The molecule has 240 valence electrons. The lowest BCUT2D eigenvalue weighted by Gasteiger charge is -2.13. The molecule has 2 aromatic rings. The van der Waals surface area contributed by atoms with Gasteiger partial charge in [-0.2, -0.15) is 43.2 Å². The number of allylic oxidation sites excluding steroid dienone is 1. The highest BCUT2D eigenvalue weighted by molar-refractivity contribution is 7.87. The largest absolute Gasteiger partial charge is 0.493 e. The fourth-order valence-electron chi connectivity index (χ4n) is 3.25. The van der Waals surface area contributed by atoms with Crippen molar-refractivity contribution in [3.8, 4) is 11.5 Å². The number of ether oxygens (including phenoxy) is 2. The second kappa shape index (κ2) is 15.3. The number of hydrogen-bond acceptors (Lipinski definition) is 9. The highest BCUT2D eigenvalue weighted by Gasteiger charge is 2.38. The van der Waals surface area contributed by atoms with E-state index in [4.69, 9.17) is 9.47 Å². The number of alkyl halides is 6. The van der Waals surface area contributed by atoms with Crippen molar-refractivity contribution in [1.29, 1.82) is 0 Å². The third-order valence-electron chi connectivity index (χ3n) is 5.16. The van der Waals surface area contributed by atoms with E-state index in [1.54, 1.807) is 0 Å². The van der Waals surface area contributed by atoms with Crippen molar-refractivity contribution in [2.45, 2.75) is 45.5 Å². The summed E-state index contributed by atoms with van der Waals surface area (Å²) in [7, 11) is -8.41. The maximum atomic E-state index is 13.4. The van der Waals surface area contributed by atoms with Crippen LogP contribution in [0.3, 0.4) is 0 Å². The fourth-order valence-corrected chi connectivity index (χ4v) is 4.85. The molecule has 0 spiro atoms. The van der Waals surface area contributed by atoms with Crippen LogP contribution in [0.4, 0.5) is 26.3 Å². The lowest BCUT2D eigenvalue weighted by atomic mass is 10.1. The lowest BCUT2D eigenvalue weighted by molar-refractivity contribution is -0.0698. The molecule has 0 atom stereocenters. The van der Waals surface area contributed by atoms with Crippen LogP contribution in [0, 0.1) is 0 Å². The van der Waals surface area contributed by atoms with E-state index in [9.17, 15) is 43.2 Å². The number of oxime groups is 1. The maximum absolute atomic E-state index is 13.4. The molecule has 0 heterocycles. The summed E-state index contributed by atoms with van der Waals surface area (Å²) in [5.41, 5.74) is -3.62. The van der Waals surface area contributed by atoms with Crippen LogP contribution in [-0.4, -0.2) is 59.6 Å². The first-order chi connectivity index (χ1) is 20.0. The van der Waals surface area contributed by atoms with Gasteiger partial charge in [-0.25, -0.2) is 0 Å². The Morgan fingerprint density at radius 3 is 1.63 bits per heavy atom. The van der Waals surface area contributed by atoms with Gasteiger partial charge in [0.15, 0.2) is 5.71 Å². The Balaban J connectivity index is 1.93. The Hall–Kier alpha value is -3.47. The summed E-state index contributed by atoms with van der Waals surface area (Å²) in [6.07, 6.45) is -9.12. The molecular weight excluding hydrogens is 632 g/mol. The van der Waals surface area contributed by atoms with Gasteiger partial charge < -0.3 is 13.7 Å². The Morgan fingerprint density at radius 1 is 0.721 bits per heavy atom. The molecule has 0 amide bonds. The predicted molar refractivity (Wildman–Crippen MR) is 145 cm³/mol. The summed E-state index contributed by atoms with van der Waals surface area (Å²) >= 11 is 0. The number of benzene rings is 2. The molecule has 0 N–H and O–H groups in total. The molecule has 0 bridgehead atoms. The van der Waals surface area contributed by atoms with Crippen LogP contribution in [0.1, 0.15) is 44.2 Å². The molecule has 0 aliphatic rings. The van der Waals surface area contributed by atoms with Gasteiger partial charge in [0.2, 0.25) is 0 Å². The minimum atomic E-state index is -4.99. The second-order valence-electron chi connectivity index (χ2n) is 8.76. The molecule has 0 radical (unpaired) electrons. The summed E-state index contributed by atoms with van der Waals surface area (Å²) in [4.78, 5) is 0. The normalized spacial score (nSPS) is 13.5. The first kappa shape index (κ1) is 35.7. The number of halogens is 6. The average molecular weight is 662 g/mol. The Morgan fingerprint density at radius 2 is 1.19 bits per heavy atom. The molecule has 2 rings (SSSR count). The van der Waals surface area contributed by atoms with Gasteiger partial charge in [0.05, 0.1) is 30.3 Å². The van der Waals surface area contributed by atoms with Gasteiger partial charge >= 0.3 is 32.6 Å². The summed E-state index contributed by atoms with van der Waals surface area (Å²) in [5, 5.41) is 2.81. The monoisotopic (exact) mass is 661 g/mol. The first-order valence-electron chi connectivity index (χ1n) is 12.7. The highest BCUT2D eigenvalue weighted by Crippen LogP contribution is 2.35. The van der Waals surface area contributed by atoms with Crippen LogP contribution >= 0.6 is 0 Å². The van der Waals surface area contributed by atoms with Gasteiger partial charge in [0.25, 0.3) is 0 Å². The molecule has 2 aromatic carbocycles. The van der Waals surface area contributed by atoms with Crippen LogP contribution in [0.5, 0.6) is 11.5 Å². The Labute approximate surface area is 245 Å². The van der Waals surface area contributed by atoms with E-state index in [1.807, 2.05) is 0 Å². The minimum Gasteiger partial charge on any atom is -0.493 e. The predicted octanol–water partition coefficient (Wildman–Crippen LogP) is 6.22. The molecule has 0 fully saturated rings. The van der Waals surface area contributed by atoms with E-state index in [0.29, 0.717) is 6.42 Å². The number of hydrogen-bond donors (Lipinski definition) is 0. The summed E-state index contributed by atoms with van der Waals surface area (Å²) < 4.78 is 146. The second-order valence-corrected chi connectivity index (χ2v) is 12.1. The van der Waals surface area contributed by atoms with Crippen LogP contribution in [0.2, 0.25) is 0 Å². The Bertz CT molecular complexity index is 1340. The van der Waals surface area contributed by atoms with E-state index in [1.165, 1.54) is 38.1 Å². The first-order valence-corrected chi connectivity index (χ1v) is 15.8. The molecule has 17 heteroatoms. The highest BCUT2D eigenvalue weighted by atomic mass is 32.2. The molecule has 0 unspecified atom stereocenters. The molecule has 0 aromatic heterocycles. The van der Waals surface area contributed by atoms with Crippen molar-refractivity contribution < 1.29 is 61.1 Å². The summed E-state index contributed by atoms with van der Waals surface area (Å²) in [5.74, 6) is -0.518. The molecule has 0 saturated heterocycles. The van der Waals surface area contributed by atoms with Crippen molar-refractivity contribution in [2.24, 2.45) is 5.16 Å². The number of nitrogens with zero attached hydrogens (tertiary/aromatic N) is 1. The summed E-state index contributed by atoms with van der Waals surface area (Å²) in [6, 6.07) is 9.20. The van der Waals surface area contributed by atoms with Crippen molar-refractivity contribution in [1.82, 2.24) is 0 Å². The van der Waals surface area contributed by atoms with Gasteiger partial charge in [-0.05, 0) is 54.8 Å². The third-order valence-corrected chi connectivity index (χ3v) is 7.66. The van der Waals surface area contributed by atoms with E-state index in [-0.39, 0.29) is 49.4 Å². The van der Waals surface area contributed by atoms with Crippen molar-refractivity contribution in [3.63, 3.8) is 0 Å². The molecule has 0 aliphatic carbocycles. The topological polar surface area (TPSA) is 118 Å². The average Bonchev–Trinajstić information content (AvgIpc) is 2.88. The Kier molecular flexibility index (Phi) is 12.7. The van der Waals surface area contributed by atoms with Crippen molar-refractivity contribution >= 4 is 31.5 Å². The lowest BCUT2D eigenvalue weighted by Crippen LogP contribution is -2.25. The SMILES string of the molecule is CCCS(=O)(=O)OC=C(c1ccc(OCCCOc2ccc(C(=NOS(=O)(=O)CCC)C(F)(F)F)cc2)cc1)C(F)(F)F. The fraction of sp³-hybridized carbons (Fsp3) is 0.423. The molecule has 9 nitrogen and oxygen atoms in total. The standard InChI is InChI=1S/C26H29F6NO8S2/c1-3-16-42(34,35)40-18-23(25(27,28)29)19-6-10-21(11-7-19)38-14-5-15-39-22-12-8-20(9-13-22)24(26(30,31)32)33-41-43(36,37)17-4-2/h6-13,18H,3-5,14-17H2,1-2H3. The van der Waals surface area contributed by atoms with Crippen molar-refractivity contribution in [3.05, 3.63) is 65.9 Å². The van der Waals surface area contributed by atoms with Gasteiger partial charge in [-0.3, -0.25) is 4.28 Å². The van der Waals surface area contributed by atoms with Crippen LogP contribution in [-0.2, 0) is 28.7 Å². The van der Waals surface area contributed by atoms with E-state index in [0.717, 1.165) is 24.3 Å². The zero-order chi connectivity index (χ0) is 32.3.